The molecule has 8 amide bonds. The Bertz CT molecular complexity index is 6970. The van der Waals surface area contributed by atoms with Gasteiger partial charge in [-0.2, -0.15) is 0 Å². The molecule has 762 valence electrons. The summed E-state index contributed by atoms with van der Waals surface area (Å²) in [5.41, 5.74) is 4.44. The van der Waals surface area contributed by atoms with Crippen LogP contribution < -0.4 is 58.4 Å². The Balaban J connectivity index is 0.477. The van der Waals surface area contributed by atoms with E-state index in [9.17, 15) is 76.7 Å². The Hall–Kier alpha value is -16.5. The third kappa shape index (κ3) is 28.1. The number of nitrogens with one attached hydrogen (secondary N) is 8. The fraction of sp³-hybridized carbons (Fsp3) is 0.346. The van der Waals surface area contributed by atoms with Crippen LogP contribution in [0.3, 0.4) is 0 Å². The molecule has 0 unspecified atom stereocenters. The highest BCUT2D eigenvalue weighted by atomic mass is 31.2. The number of hydrogen-bond acceptors (Lipinski definition) is 23. The Kier molecular flexibility index (Phi) is 35.9. The summed E-state index contributed by atoms with van der Waals surface area (Å²) >= 11 is 0. The van der Waals surface area contributed by atoms with Gasteiger partial charge in [0, 0.05) is 229 Å². The second kappa shape index (κ2) is 49.0. The number of Topliss-reactive ketones (excluding diaryl/α,β-unsaturated/α-hetero) is 8. The van der Waals surface area contributed by atoms with Crippen LogP contribution in [0.15, 0.2) is 177 Å². The summed E-state index contributed by atoms with van der Waals surface area (Å²) in [6.07, 6.45) is 20.0. The molecule has 0 aliphatic heterocycles. The van der Waals surface area contributed by atoms with Crippen molar-refractivity contribution in [1.29, 1.82) is 0 Å². The molecule has 0 radical (unpaired) electrons. The lowest BCUT2D eigenvalue weighted by atomic mass is 10.0. The molecule has 0 spiro atoms. The number of amides is 8. The number of carbonyl (C=O) groups is 16. The first-order valence-corrected chi connectivity index (χ1v) is 49.9. The van der Waals surface area contributed by atoms with Crippen molar-refractivity contribution in [3.63, 3.8) is 0 Å². The highest BCUT2D eigenvalue weighted by Gasteiger charge is 2.45. The zero-order chi connectivity index (χ0) is 105. The molecule has 146 heavy (non-hydrogen) atoms. The van der Waals surface area contributed by atoms with Gasteiger partial charge in [-0.3, -0.25) is 76.7 Å². The SMILES string of the molecule is CN(C)CCCCC(=O)CCCC(=O)c1cc(CC(=O)c2cc(CC(=O)c3nc(CC(=O)CCCC(=O)c4cc(CC(=O)c5cc(CC(=O)CCCNC(=O)c6nc(NC(=O)c7nc(NC(=O)CCNC(=O)c8nc(NC(=O)c9nc(NC(=O)c%10nc(NC(=O)CCNC(=O)CC[P+](c%11ccccc%11)(c%11ccccc%11)c%11ccccc%11)cn%10C)cn9C)cn8C)cn7C)cn6C)cn5C)cn4C)cn3C)cn2C)cn1C. The molecule has 10 aromatic heterocycles. The largest absolute Gasteiger partial charge is 0.355 e. The van der Waals surface area contributed by atoms with Crippen molar-refractivity contribution in [1.82, 2.24) is 96.4 Å². The van der Waals surface area contributed by atoms with Crippen LogP contribution in [0.1, 0.15) is 224 Å². The number of benzene rings is 3. The molecule has 41 nitrogen and oxygen atoms in total. The van der Waals surface area contributed by atoms with E-state index >= 15 is 0 Å². The van der Waals surface area contributed by atoms with E-state index < -0.39 is 48.6 Å². The number of nitrogens with zero attached hydrogens (tertiary/aromatic N) is 17. The normalized spacial score (nSPS) is 11.3. The average Bonchev–Trinajstić information content (AvgIpc) is 1.22. The van der Waals surface area contributed by atoms with Gasteiger partial charge >= 0.3 is 0 Å². The summed E-state index contributed by atoms with van der Waals surface area (Å²) in [4.78, 5) is 241. The topological polar surface area (TPSA) is 499 Å². The summed E-state index contributed by atoms with van der Waals surface area (Å²) in [5.74, 6) is -6.21. The maximum absolute atomic E-state index is 13.7. The van der Waals surface area contributed by atoms with Crippen molar-refractivity contribution in [2.75, 3.05) is 73.0 Å². The highest BCUT2D eigenvalue weighted by molar-refractivity contribution is 7.95. The van der Waals surface area contributed by atoms with Gasteiger partial charge < -0.3 is 93.1 Å². The predicted octanol–water partition coefficient (Wildman–Crippen LogP) is 8.20. The van der Waals surface area contributed by atoms with Crippen LogP contribution in [0.2, 0.25) is 0 Å². The van der Waals surface area contributed by atoms with E-state index in [1.165, 1.54) is 75.0 Å². The van der Waals surface area contributed by atoms with E-state index in [0.717, 1.165) is 35.3 Å². The molecule has 13 rings (SSSR count). The van der Waals surface area contributed by atoms with Crippen LogP contribution >= 0.6 is 7.26 Å². The van der Waals surface area contributed by atoms with E-state index in [1.54, 1.807) is 127 Å². The molecule has 0 bridgehead atoms. The molecule has 0 atom stereocenters. The first-order chi connectivity index (χ1) is 69.8. The Morgan fingerprint density at radius 2 is 0.603 bits per heavy atom. The number of unbranched alkanes of at least 4 members (excludes halogenated alkanes) is 1. The average molecular weight is 2010 g/mol. The third-order valence-corrected chi connectivity index (χ3v) is 29.1. The fourth-order valence-electron chi connectivity index (χ4n) is 17.5. The van der Waals surface area contributed by atoms with Crippen LogP contribution in [-0.2, 0) is 131 Å². The number of ketones is 8. The van der Waals surface area contributed by atoms with Crippen LogP contribution in [-0.4, -0.2) is 220 Å². The van der Waals surface area contributed by atoms with Crippen molar-refractivity contribution in [2.24, 2.45) is 70.5 Å². The smallest absolute Gasteiger partial charge is 0.292 e. The van der Waals surface area contributed by atoms with E-state index in [1.807, 2.05) is 68.7 Å². The van der Waals surface area contributed by atoms with Crippen LogP contribution in [0.5, 0.6) is 0 Å². The fourth-order valence-corrected chi connectivity index (χ4v) is 21.7. The molecule has 42 heteroatoms. The number of aromatic nitrogens is 16. The van der Waals surface area contributed by atoms with Crippen molar-refractivity contribution in [2.45, 2.75) is 122 Å². The first-order valence-electron chi connectivity index (χ1n) is 47.9. The molecular formula is C104H121N25O16P+. The summed E-state index contributed by atoms with van der Waals surface area (Å²) in [6, 6.07) is 37.4. The number of anilines is 5. The molecule has 0 aliphatic carbocycles. The second-order valence-electron chi connectivity index (χ2n) is 36.6. The first kappa shape index (κ1) is 107. The van der Waals surface area contributed by atoms with E-state index in [4.69, 9.17) is 0 Å². The van der Waals surface area contributed by atoms with Gasteiger partial charge in [-0.15, -0.1) is 0 Å². The molecule has 0 saturated heterocycles. The van der Waals surface area contributed by atoms with Gasteiger partial charge in [0.2, 0.25) is 52.6 Å². The molecule has 3 aromatic carbocycles. The molecule has 0 saturated carbocycles. The van der Waals surface area contributed by atoms with Gasteiger partial charge in [0.15, 0.2) is 58.0 Å². The predicted molar refractivity (Wildman–Crippen MR) is 548 cm³/mol. The second-order valence-corrected chi connectivity index (χ2v) is 40.3. The number of hydrogen-bond donors (Lipinski definition) is 8. The van der Waals surface area contributed by atoms with Crippen LogP contribution in [0.25, 0.3) is 0 Å². The highest BCUT2D eigenvalue weighted by Crippen LogP contribution is 2.56. The summed E-state index contributed by atoms with van der Waals surface area (Å²) in [5, 5.41) is 24.8. The lowest BCUT2D eigenvalue weighted by Crippen LogP contribution is -2.35. The molecule has 0 aliphatic rings. The van der Waals surface area contributed by atoms with Gasteiger partial charge in [-0.25, -0.2) is 29.9 Å². The Morgan fingerprint density at radius 3 is 1.01 bits per heavy atom. The van der Waals surface area contributed by atoms with Crippen LogP contribution in [0, 0.1) is 0 Å². The number of imidazole rings is 6. The van der Waals surface area contributed by atoms with E-state index in [0.29, 0.717) is 76.1 Å². The lowest BCUT2D eigenvalue weighted by Gasteiger charge is -2.27. The number of carbonyl (C=O) groups excluding carboxylic acids is 16. The third-order valence-electron chi connectivity index (χ3n) is 24.6. The van der Waals surface area contributed by atoms with Crippen molar-refractivity contribution >= 4 is 146 Å². The minimum atomic E-state index is -2.25. The quantitative estimate of drug-likeness (QED) is 0.0101. The maximum atomic E-state index is 13.7. The molecule has 13 aromatic rings. The van der Waals surface area contributed by atoms with Crippen molar-refractivity contribution in [3.8, 4) is 0 Å². The van der Waals surface area contributed by atoms with Crippen molar-refractivity contribution < 1.29 is 76.7 Å². The minimum Gasteiger partial charge on any atom is -0.355 e. The lowest BCUT2D eigenvalue weighted by molar-refractivity contribution is -0.121. The summed E-state index contributed by atoms with van der Waals surface area (Å²) < 4.78 is 15.1. The van der Waals surface area contributed by atoms with Gasteiger partial charge in [0.05, 0.1) is 47.5 Å². The molecular weight excluding hydrogens is 1890 g/mol. The van der Waals surface area contributed by atoms with E-state index in [-0.39, 0.29) is 226 Å². The zero-order valence-corrected chi connectivity index (χ0v) is 84.7. The Morgan fingerprint density at radius 1 is 0.274 bits per heavy atom. The van der Waals surface area contributed by atoms with Gasteiger partial charge in [0.1, 0.15) is 40.5 Å². The van der Waals surface area contributed by atoms with Gasteiger partial charge in [0.25, 0.3) is 29.5 Å². The maximum Gasteiger partial charge on any atom is 0.292 e. The monoisotopic (exact) mass is 2010 g/mol. The minimum absolute atomic E-state index is 0.0111. The number of rotatable bonds is 54. The number of aryl methyl sites for hydroxylation is 10. The molecule has 10 heterocycles. The van der Waals surface area contributed by atoms with Gasteiger partial charge in [-0.05, 0) is 136 Å². The van der Waals surface area contributed by atoms with Gasteiger partial charge in [-0.1, -0.05) is 54.6 Å². The summed E-state index contributed by atoms with van der Waals surface area (Å²) in [7, 11) is 17.9. The zero-order valence-electron chi connectivity index (χ0n) is 83.8. The van der Waals surface area contributed by atoms with Crippen LogP contribution in [0.4, 0.5) is 29.1 Å². The molecule has 0 fully saturated rings. The molecule has 8 N–H and O–H groups in total. The standard InChI is InChI=1S/C104H120N25O16P/c1-119(2)45-23-22-27-71(130)28-24-37-81(133)77-49-68(58-120(77)3)53-84(136)80-51-69(59-123(80)6)54-85(137)94-108-70(60-124(94)7)55-73(132)29-25-38-82(134)78-50-67(57-121(78)4)52-83(135)79-48-66(56-122(79)5)47-72(131)30-26-42-106-100(141)95-113-88(63-125(95)8)116-102(143)97-112-87(62-128(97)11)110-93(140)40-44-107-101(142)96-114-89(64-126(96)9)117-104(145)99-115-90(65-129(99)12)118-103(144)98-111-86(61-127(98)10)109-92(139)39-43-105-91(138)41-46-146(74-31-16-13-17-32-74,75-33-18-14-19-34-75)76-35-20-15-21-36-76/h13-21,31-36,48-51,56-65H,22-30,37-47,52-55H2,1-12H3,(H7-,105,106,107,109,110,116,117,118,138,139,140,141,142,143,144,145)/p+1. The Labute approximate surface area is 842 Å². The van der Waals surface area contributed by atoms with E-state index in [2.05, 4.69) is 114 Å². The van der Waals surface area contributed by atoms with Crippen molar-refractivity contribution in [3.05, 3.63) is 263 Å². The summed E-state index contributed by atoms with van der Waals surface area (Å²) in [6.45, 7) is 0.921.